The van der Waals surface area contributed by atoms with Crippen LogP contribution in [-0.4, -0.2) is 69.4 Å². The quantitative estimate of drug-likeness (QED) is 0.386. The standard InChI is InChI=1S/C24H26N2O6/c27-21(28)16-25(15-13-17-8-2-1-3-9-17)20(24(31)32)12-6-7-14-26-22(29)18-10-4-5-11-19(18)23(26)30/h1-5,8-11,20H,6-7,12-16H2,(H,27,28)(H,31,32)/t20-/m1/s1. The second-order valence-corrected chi connectivity index (χ2v) is 7.76. The molecule has 168 valence electrons. The molecule has 1 aliphatic heterocycles. The number of fused-ring (bicyclic) bond motifs is 1. The Balaban J connectivity index is 1.56. The van der Waals surface area contributed by atoms with Gasteiger partial charge in [-0.3, -0.25) is 29.0 Å². The Morgan fingerprint density at radius 2 is 1.47 bits per heavy atom. The molecule has 0 aliphatic carbocycles. The Hall–Kier alpha value is -3.52. The normalized spacial score (nSPS) is 14.0. The molecule has 2 aromatic carbocycles. The highest BCUT2D eigenvalue weighted by molar-refractivity contribution is 6.21. The number of hydrogen-bond donors (Lipinski definition) is 2. The lowest BCUT2D eigenvalue weighted by Crippen LogP contribution is -2.45. The first kappa shape index (κ1) is 23.1. The largest absolute Gasteiger partial charge is 0.480 e. The zero-order valence-electron chi connectivity index (χ0n) is 17.6. The lowest BCUT2D eigenvalue weighted by Gasteiger charge is -2.27. The fraction of sp³-hybridized carbons (Fsp3) is 0.333. The molecule has 8 heteroatoms. The fourth-order valence-corrected chi connectivity index (χ4v) is 3.95. The van der Waals surface area contributed by atoms with Crippen LogP contribution < -0.4 is 0 Å². The van der Waals surface area contributed by atoms with Gasteiger partial charge in [0, 0.05) is 13.1 Å². The summed E-state index contributed by atoms with van der Waals surface area (Å²) in [5, 5.41) is 19.0. The van der Waals surface area contributed by atoms with Crippen LogP contribution in [0.2, 0.25) is 0 Å². The second kappa shape index (κ2) is 10.7. The third-order valence-electron chi connectivity index (χ3n) is 5.58. The van der Waals surface area contributed by atoms with Gasteiger partial charge in [0.25, 0.3) is 11.8 Å². The third kappa shape index (κ3) is 5.59. The number of nitrogens with zero attached hydrogens (tertiary/aromatic N) is 2. The summed E-state index contributed by atoms with van der Waals surface area (Å²) in [6.45, 7) is 0.121. The van der Waals surface area contributed by atoms with Gasteiger partial charge in [-0.25, -0.2) is 0 Å². The number of carbonyl (C=O) groups excluding carboxylic acids is 2. The van der Waals surface area contributed by atoms with E-state index in [4.69, 9.17) is 0 Å². The lowest BCUT2D eigenvalue weighted by atomic mass is 10.1. The van der Waals surface area contributed by atoms with Crippen molar-refractivity contribution in [1.82, 2.24) is 9.80 Å². The molecule has 32 heavy (non-hydrogen) atoms. The summed E-state index contributed by atoms with van der Waals surface area (Å²) >= 11 is 0. The average Bonchev–Trinajstić information content (AvgIpc) is 3.02. The Kier molecular flexibility index (Phi) is 7.72. The molecule has 8 nitrogen and oxygen atoms in total. The molecule has 2 N–H and O–H groups in total. The predicted octanol–water partition coefficient (Wildman–Crippen LogP) is 2.54. The van der Waals surface area contributed by atoms with Gasteiger partial charge in [0.05, 0.1) is 17.7 Å². The second-order valence-electron chi connectivity index (χ2n) is 7.76. The van der Waals surface area contributed by atoms with E-state index >= 15 is 0 Å². The first-order chi connectivity index (χ1) is 15.4. The molecule has 2 amide bonds. The third-order valence-corrected chi connectivity index (χ3v) is 5.58. The molecule has 0 saturated heterocycles. The molecule has 2 aromatic rings. The molecule has 1 aliphatic rings. The highest BCUT2D eigenvalue weighted by atomic mass is 16.4. The van der Waals surface area contributed by atoms with Crippen LogP contribution in [-0.2, 0) is 16.0 Å². The van der Waals surface area contributed by atoms with Crippen LogP contribution in [0.15, 0.2) is 54.6 Å². The number of benzene rings is 2. The van der Waals surface area contributed by atoms with Gasteiger partial charge in [0.15, 0.2) is 0 Å². The van der Waals surface area contributed by atoms with Crippen molar-refractivity contribution in [3.63, 3.8) is 0 Å². The number of amides is 2. The Morgan fingerprint density at radius 3 is 2.03 bits per heavy atom. The number of hydrogen-bond acceptors (Lipinski definition) is 5. The van der Waals surface area contributed by atoms with E-state index in [1.807, 2.05) is 30.3 Å². The molecule has 0 saturated carbocycles. The summed E-state index contributed by atoms with van der Waals surface area (Å²) in [5.74, 6) is -2.85. The van der Waals surface area contributed by atoms with Crippen LogP contribution in [0.5, 0.6) is 0 Å². The average molecular weight is 438 g/mol. The Labute approximate surface area is 186 Å². The van der Waals surface area contributed by atoms with Crippen molar-refractivity contribution in [1.29, 1.82) is 0 Å². The van der Waals surface area contributed by atoms with E-state index in [1.165, 1.54) is 9.80 Å². The minimum absolute atomic E-state index is 0.196. The molecule has 1 heterocycles. The molecule has 0 aromatic heterocycles. The van der Waals surface area contributed by atoms with Crippen molar-refractivity contribution < 1.29 is 29.4 Å². The number of carboxylic acids is 2. The van der Waals surface area contributed by atoms with Crippen molar-refractivity contribution in [2.24, 2.45) is 0 Å². The van der Waals surface area contributed by atoms with Crippen LogP contribution >= 0.6 is 0 Å². The zero-order chi connectivity index (χ0) is 23.1. The molecular formula is C24H26N2O6. The molecule has 0 unspecified atom stereocenters. The van der Waals surface area contributed by atoms with Crippen molar-refractivity contribution in [2.45, 2.75) is 31.7 Å². The first-order valence-corrected chi connectivity index (χ1v) is 10.6. The summed E-state index contributed by atoms with van der Waals surface area (Å²) in [7, 11) is 0. The van der Waals surface area contributed by atoms with Crippen molar-refractivity contribution in [3.8, 4) is 0 Å². The predicted molar refractivity (Wildman–Crippen MR) is 116 cm³/mol. The van der Waals surface area contributed by atoms with Gasteiger partial charge in [-0.2, -0.15) is 0 Å². The molecule has 0 fully saturated rings. The lowest BCUT2D eigenvalue weighted by molar-refractivity contribution is -0.146. The zero-order valence-corrected chi connectivity index (χ0v) is 17.6. The van der Waals surface area contributed by atoms with Gasteiger partial charge in [-0.05, 0) is 43.4 Å². The maximum absolute atomic E-state index is 12.4. The number of imide groups is 1. The van der Waals surface area contributed by atoms with Crippen molar-refractivity contribution in [2.75, 3.05) is 19.6 Å². The van der Waals surface area contributed by atoms with Gasteiger partial charge in [-0.1, -0.05) is 42.5 Å². The minimum Gasteiger partial charge on any atom is -0.480 e. The van der Waals surface area contributed by atoms with E-state index in [1.54, 1.807) is 24.3 Å². The summed E-state index contributed by atoms with van der Waals surface area (Å²) < 4.78 is 0. The molecule has 1 atom stereocenters. The highest BCUT2D eigenvalue weighted by Gasteiger charge is 2.34. The number of aliphatic carboxylic acids is 2. The van der Waals surface area contributed by atoms with Crippen LogP contribution in [0.4, 0.5) is 0 Å². The van der Waals surface area contributed by atoms with Gasteiger partial charge in [0.1, 0.15) is 6.04 Å². The summed E-state index contributed by atoms with van der Waals surface area (Å²) in [4.78, 5) is 50.7. The van der Waals surface area contributed by atoms with Crippen LogP contribution in [0.3, 0.4) is 0 Å². The van der Waals surface area contributed by atoms with E-state index < -0.39 is 18.0 Å². The van der Waals surface area contributed by atoms with Crippen LogP contribution in [0.1, 0.15) is 45.5 Å². The maximum atomic E-state index is 12.4. The SMILES string of the molecule is O=C(O)CN(CCc1ccccc1)[C@H](CCCCN1C(=O)c2ccccc2C1=O)C(=O)O. The van der Waals surface area contributed by atoms with E-state index in [2.05, 4.69) is 0 Å². The van der Waals surface area contributed by atoms with Crippen LogP contribution in [0.25, 0.3) is 0 Å². The van der Waals surface area contributed by atoms with E-state index in [9.17, 15) is 29.4 Å². The fourth-order valence-electron chi connectivity index (χ4n) is 3.95. The number of carbonyl (C=O) groups is 4. The topological polar surface area (TPSA) is 115 Å². The van der Waals surface area contributed by atoms with Crippen molar-refractivity contribution >= 4 is 23.8 Å². The maximum Gasteiger partial charge on any atom is 0.320 e. The van der Waals surface area contributed by atoms with E-state index in [0.29, 0.717) is 36.9 Å². The molecule has 0 spiro atoms. The Morgan fingerprint density at radius 1 is 0.875 bits per heavy atom. The molecule has 0 bridgehead atoms. The van der Waals surface area contributed by atoms with E-state index in [-0.39, 0.29) is 31.3 Å². The van der Waals surface area contributed by atoms with Gasteiger partial charge in [0.2, 0.25) is 0 Å². The number of carboxylic acid groups (broad SMARTS) is 2. The van der Waals surface area contributed by atoms with Crippen molar-refractivity contribution in [3.05, 3.63) is 71.3 Å². The Bertz CT molecular complexity index is 956. The molecular weight excluding hydrogens is 412 g/mol. The monoisotopic (exact) mass is 438 g/mol. The van der Waals surface area contributed by atoms with Gasteiger partial charge >= 0.3 is 11.9 Å². The summed E-state index contributed by atoms with van der Waals surface area (Å²) in [6, 6.07) is 15.2. The molecule has 0 radical (unpaired) electrons. The highest BCUT2D eigenvalue weighted by Crippen LogP contribution is 2.23. The first-order valence-electron chi connectivity index (χ1n) is 10.6. The smallest absolute Gasteiger partial charge is 0.320 e. The van der Waals surface area contributed by atoms with Gasteiger partial charge in [-0.15, -0.1) is 0 Å². The van der Waals surface area contributed by atoms with Crippen LogP contribution in [0, 0.1) is 0 Å². The van der Waals surface area contributed by atoms with E-state index in [0.717, 1.165) is 5.56 Å². The summed E-state index contributed by atoms with van der Waals surface area (Å²) in [5.41, 5.74) is 1.77. The number of unbranched alkanes of at least 4 members (excludes halogenated alkanes) is 1. The molecule has 3 rings (SSSR count). The number of rotatable bonds is 12. The summed E-state index contributed by atoms with van der Waals surface area (Å²) in [6.07, 6.45) is 1.63. The van der Waals surface area contributed by atoms with Gasteiger partial charge < -0.3 is 10.2 Å². The minimum atomic E-state index is -1.09.